The number of rotatable bonds is 7. The van der Waals surface area contributed by atoms with E-state index in [1.54, 1.807) is 0 Å². The molecule has 4 bridgehead atoms. The van der Waals surface area contributed by atoms with E-state index in [1.165, 1.54) is 19.3 Å². The Labute approximate surface area is 171 Å². The van der Waals surface area contributed by atoms with Crippen LogP contribution in [0.5, 0.6) is 0 Å². The van der Waals surface area contributed by atoms with Crippen LogP contribution in [-0.4, -0.2) is 33.8 Å². The van der Waals surface area contributed by atoms with E-state index in [0.29, 0.717) is 18.2 Å². The summed E-state index contributed by atoms with van der Waals surface area (Å²) in [5, 5.41) is 9.13. The van der Waals surface area contributed by atoms with E-state index in [0.717, 1.165) is 60.9 Å². The summed E-state index contributed by atoms with van der Waals surface area (Å²) >= 11 is 4.07. The highest BCUT2D eigenvalue weighted by atomic mass is 32.1. The van der Waals surface area contributed by atoms with Gasteiger partial charge in [-0.2, -0.15) is 17.7 Å². The summed E-state index contributed by atoms with van der Waals surface area (Å²) in [5.41, 5.74) is 1.60. The third kappa shape index (κ3) is 3.35. The smallest absolute Gasteiger partial charge is 0.272 e. The Bertz CT molecular complexity index is 843. The molecule has 0 atom stereocenters. The minimum Gasteiger partial charge on any atom is -0.371 e. The number of hydrogen-bond acceptors (Lipinski definition) is 4. The van der Waals surface area contributed by atoms with Gasteiger partial charge in [0.2, 0.25) is 0 Å². The molecule has 0 aliphatic heterocycles. The predicted octanol–water partition coefficient (Wildman–Crippen LogP) is 4.03. The first-order valence-corrected chi connectivity index (χ1v) is 11.3. The van der Waals surface area contributed by atoms with Crippen LogP contribution in [0.25, 0.3) is 10.9 Å². The molecular formula is C22H29N3O2S. The predicted molar refractivity (Wildman–Crippen MR) is 113 cm³/mol. The van der Waals surface area contributed by atoms with Crippen molar-refractivity contribution in [1.82, 2.24) is 15.1 Å². The molecule has 150 valence electrons. The molecule has 0 saturated heterocycles. The molecule has 1 aromatic heterocycles. The van der Waals surface area contributed by atoms with Gasteiger partial charge in [0, 0.05) is 24.1 Å². The molecule has 0 spiro atoms. The molecular weight excluding hydrogens is 370 g/mol. The fraction of sp³-hybridized carbons (Fsp3) is 0.636. The maximum absolute atomic E-state index is 13.3. The van der Waals surface area contributed by atoms with Gasteiger partial charge < -0.3 is 10.1 Å². The number of carbonyl (C=O) groups is 1. The summed E-state index contributed by atoms with van der Waals surface area (Å²) in [6.07, 6.45) is 8.45. The van der Waals surface area contributed by atoms with Crippen LogP contribution in [0.3, 0.4) is 0 Å². The molecule has 5 nitrogen and oxygen atoms in total. The lowest BCUT2D eigenvalue weighted by atomic mass is 9.53. The number of nitrogens with one attached hydrogen (secondary N) is 1. The molecule has 0 unspecified atom stereocenters. The van der Waals surface area contributed by atoms with Gasteiger partial charge in [-0.3, -0.25) is 9.48 Å². The average Bonchev–Trinajstić information content (AvgIpc) is 3.03. The Morgan fingerprint density at radius 2 is 1.86 bits per heavy atom. The molecule has 4 aliphatic carbocycles. The first kappa shape index (κ1) is 18.5. The van der Waals surface area contributed by atoms with Gasteiger partial charge in [0.05, 0.1) is 11.5 Å². The van der Waals surface area contributed by atoms with Gasteiger partial charge in [0.25, 0.3) is 5.91 Å². The van der Waals surface area contributed by atoms with Crippen LogP contribution in [0.4, 0.5) is 0 Å². The molecule has 4 fully saturated rings. The van der Waals surface area contributed by atoms with Gasteiger partial charge in [-0.05, 0) is 68.8 Å². The van der Waals surface area contributed by atoms with Crippen LogP contribution in [0.15, 0.2) is 24.3 Å². The van der Waals surface area contributed by atoms with E-state index in [-0.39, 0.29) is 11.4 Å². The number of carbonyl (C=O) groups excluding carboxylic acids is 1. The van der Waals surface area contributed by atoms with E-state index in [4.69, 9.17) is 9.84 Å². The minimum atomic E-state index is 0.00325. The molecule has 4 saturated carbocycles. The van der Waals surface area contributed by atoms with Gasteiger partial charge in [0.15, 0.2) is 5.69 Å². The quantitative estimate of drug-likeness (QED) is 0.420. The van der Waals surface area contributed by atoms with Gasteiger partial charge >= 0.3 is 0 Å². The number of aromatic nitrogens is 2. The molecule has 0 radical (unpaired) electrons. The SMILES string of the molecule is O=C(NC12CC3CC(CC(C3)C1)C2)c1nn(CCCOCS)c2ccccc12. The Kier molecular flexibility index (Phi) is 4.87. The molecule has 6 rings (SSSR count). The molecule has 1 amide bonds. The topological polar surface area (TPSA) is 56.2 Å². The molecule has 6 heteroatoms. The van der Waals surface area contributed by atoms with Crippen LogP contribution in [-0.2, 0) is 11.3 Å². The standard InChI is InChI=1S/C22H29N3O2S/c26-21(23-22-11-15-8-16(12-22)10-17(9-15)13-22)20-18-4-1-2-5-19(18)25(24-20)6-3-7-27-14-28/h1-2,4-5,15-17,28H,3,6-14H2,(H,23,26). The summed E-state index contributed by atoms with van der Waals surface area (Å²) in [7, 11) is 0. The van der Waals surface area contributed by atoms with Crippen molar-refractivity contribution in [3.8, 4) is 0 Å². The zero-order valence-electron chi connectivity index (χ0n) is 16.3. The fourth-order valence-electron chi connectivity index (χ4n) is 6.41. The van der Waals surface area contributed by atoms with Crippen molar-refractivity contribution in [2.24, 2.45) is 17.8 Å². The number of nitrogens with zero attached hydrogens (tertiary/aromatic N) is 2. The summed E-state index contributed by atoms with van der Waals surface area (Å²) < 4.78 is 7.27. The number of thiol groups is 1. The minimum absolute atomic E-state index is 0.00325. The maximum atomic E-state index is 13.3. The number of aryl methyl sites for hydroxylation is 1. The Morgan fingerprint density at radius 1 is 1.18 bits per heavy atom. The maximum Gasteiger partial charge on any atom is 0.272 e. The lowest BCUT2D eigenvalue weighted by molar-refractivity contribution is -0.0167. The first-order valence-electron chi connectivity index (χ1n) is 10.6. The second-order valence-electron chi connectivity index (χ2n) is 9.13. The van der Waals surface area contributed by atoms with Gasteiger partial charge in [-0.1, -0.05) is 18.2 Å². The molecule has 4 aliphatic rings. The van der Waals surface area contributed by atoms with Crippen molar-refractivity contribution < 1.29 is 9.53 Å². The number of hydrogen-bond donors (Lipinski definition) is 2. The monoisotopic (exact) mass is 399 g/mol. The van der Waals surface area contributed by atoms with E-state index in [9.17, 15) is 4.79 Å². The van der Waals surface area contributed by atoms with E-state index >= 15 is 0 Å². The summed E-state index contributed by atoms with van der Waals surface area (Å²) in [4.78, 5) is 13.3. The summed E-state index contributed by atoms with van der Waals surface area (Å²) in [5.74, 6) is 2.87. The summed E-state index contributed by atoms with van der Waals surface area (Å²) in [6.45, 7) is 1.38. The first-order chi connectivity index (χ1) is 13.7. The van der Waals surface area contributed by atoms with E-state index in [2.05, 4.69) is 17.9 Å². The number of fused-ring (bicyclic) bond motifs is 1. The number of ether oxygens (including phenoxy) is 1. The van der Waals surface area contributed by atoms with Crippen LogP contribution in [0.1, 0.15) is 55.4 Å². The van der Waals surface area contributed by atoms with Gasteiger partial charge in [0.1, 0.15) is 0 Å². The number of para-hydroxylation sites is 1. The van der Waals surface area contributed by atoms with Gasteiger partial charge in [-0.25, -0.2) is 0 Å². The van der Waals surface area contributed by atoms with Crippen molar-refractivity contribution in [1.29, 1.82) is 0 Å². The lowest BCUT2D eigenvalue weighted by Crippen LogP contribution is -2.59. The Morgan fingerprint density at radius 3 is 2.54 bits per heavy atom. The van der Waals surface area contributed by atoms with Crippen molar-refractivity contribution >= 4 is 29.4 Å². The average molecular weight is 400 g/mol. The van der Waals surface area contributed by atoms with Crippen molar-refractivity contribution in [2.75, 3.05) is 12.5 Å². The molecule has 1 aromatic carbocycles. The second kappa shape index (κ2) is 7.38. The fourth-order valence-corrected chi connectivity index (χ4v) is 6.54. The molecule has 28 heavy (non-hydrogen) atoms. The second-order valence-corrected chi connectivity index (χ2v) is 9.39. The van der Waals surface area contributed by atoms with Crippen molar-refractivity contribution in [2.45, 2.75) is 57.0 Å². The van der Waals surface area contributed by atoms with Crippen molar-refractivity contribution in [3.63, 3.8) is 0 Å². The number of benzene rings is 1. The normalized spacial score (nSPS) is 30.8. The van der Waals surface area contributed by atoms with E-state index in [1.807, 2.05) is 28.9 Å². The van der Waals surface area contributed by atoms with Crippen molar-refractivity contribution in [3.05, 3.63) is 30.0 Å². The molecule has 2 aromatic rings. The van der Waals surface area contributed by atoms with Crippen LogP contribution < -0.4 is 5.32 Å². The van der Waals surface area contributed by atoms with E-state index < -0.39 is 0 Å². The highest BCUT2D eigenvalue weighted by Crippen LogP contribution is 2.55. The largest absolute Gasteiger partial charge is 0.371 e. The van der Waals surface area contributed by atoms with Gasteiger partial charge in [-0.15, -0.1) is 0 Å². The van der Waals surface area contributed by atoms with Crippen LogP contribution >= 0.6 is 12.6 Å². The molecule has 1 heterocycles. The number of amides is 1. The third-order valence-corrected chi connectivity index (χ3v) is 7.22. The van der Waals surface area contributed by atoms with Crippen LogP contribution in [0.2, 0.25) is 0 Å². The highest BCUT2D eigenvalue weighted by molar-refractivity contribution is 7.80. The Hall–Kier alpha value is -1.53. The zero-order chi connectivity index (χ0) is 19.1. The zero-order valence-corrected chi connectivity index (χ0v) is 17.2. The molecule has 1 N–H and O–H groups in total. The third-order valence-electron chi connectivity index (χ3n) is 7.04. The lowest BCUT2D eigenvalue weighted by Gasteiger charge is -2.56. The summed E-state index contributed by atoms with van der Waals surface area (Å²) in [6, 6.07) is 8.05. The highest BCUT2D eigenvalue weighted by Gasteiger charge is 2.51. The Balaban J connectivity index is 1.37. The van der Waals surface area contributed by atoms with Crippen LogP contribution in [0, 0.1) is 17.8 Å².